The van der Waals surface area contributed by atoms with Crippen LogP contribution < -0.4 is 15.4 Å². The van der Waals surface area contributed by atoms with Gasteiger partial charge < -0.3 is 25.6 Å². The Balaban J connectivity index is 0.00000158. The van der Waals surface area contributed by atoms with E-state index in [4.69, 9.17) is 4.74 Å². The number of fused-ring (bicyclic) bond motifs is 1. The van der Waals surface area contributed by atoms with Gasteiger partial charge in [0.05, 0.1) is 18.8 Å². The maximum atomic E-state index is 13.7. The molecule has 0 saturated heterocycles. The number of hydrogen-bond donors (Lipinski definition) is 4. The van der Waals surface area contributed by atoms with Crippen molar-refractivity contribution in [2.24, 2.45) is 0 Å². The van der Waals surface area contributed by atoms with E-state index in [2.05, 4.69) is 10.6 Å². The molecule has 1 fully saturated rings. The van der Waals surface area contributed by atoms with Gasteiger partial charge in [-0.15, -0.1) is 0 Å². The maximum Gasteiger partial charge on any atom is 0.252 e. The van der Waals surface area contributed by atoms with Gasteiger partial charge in [-0.3, -0.25) is 4.79 Å². The van der Waals surface area contributed by atoms with Crippen LogP contribution in [0.15, 0.2) is 36.4 Å². The number of amides is 1. The minimum absolute atomic E-state index is 0.0167. The highest BCUT2D eigenvalue weighted by Crippen LogP contribution is 2.35. The summed E-state index contributed by atoms with van der Waals surface area (Å²) in [4.78, 5) is 12.4. The van der Waals surface area contributed by atoms with Crippen LogP contribution in [0.3, 0.4) is 0 Å². The van der Waals surface area contributed by atoms with Crippen molar-refractivity contribution in [1.29, 1.82) is 0 Å². The lowest BCUT2D eigenvalue weighted by atomic mass is 9.97. The number of carbonyl (C=O) groups is 1. The topological polar surface area (TPSA) is 90.8 Å². The van der Waals surface area contributed by atoms with Gasteiger partial charge in [-0.2, -0.15) is 0 Å². The second kappa shape index (κ2) is 11.3. The van der Waals surface area contributed by atoms with E-state index in [0.29, 0.717) is 25.0 Å². The van der Waals surface area contributed by atoms with Crippen LogP contribution in [-0.2, 0) is 11.2 Å². The molecular formula is C26H34F2N2O4. The van der Waals surface area contributed by atoms with Crippen LogP contribution >= 0.6 is 0 Å². The molecule has 186 valence electrons. The summed E-state index contributed by atoms with van der Waals surface area (Å²) < 4.78 is 33.0. The summed E-state index contributed by atoms with van der Waals surface area (Å²) in [6, 6.07) is 8.18. The lowest BCUT2D eigenvalue weighted by Crippen LogP contribution is -2.52. The number of aliphatic hydroxyl groups is 2. The summed E-state index contributed by atoms with van der Waals surface area (Å²) in [7, 11) is 0. The fourth-order valence-electron chi connectivity index (χ4n) is 4.05. The van der Waals surface area contributed by atoms with E-state index in [9.17, 15) is 23.8 Å². The van der Waals surface area contributed by atoms with Gasteiger partial charge in [0.25, 0.3) is 5.91 Å². The molecule has 6 nitrogen and oxygen atoms in total. The van der Waals surface area contributed by atoms with E-state index in [1.54, 1.807) is 0 Å². The van der Waals surface area contributed by atoms with Crippen molar-refractivity contribution in [2.75, 3.05) is 13.2 Å². The maximum absolute atomic E-state index is 13.7. The number of halogens is 2. The van der Waals surface area contributed by atoms with Crippen molar-refractivity contribution in [3.63, 3.8) is 0 Å². The molecule has 4 rings (SSSR count). The number of ether oxygens (including phenoxy) is 1. The SMILES string of the molecule is CC.Cc1ccc2c(c1)C(NC[C@@H](O)[C@H](Cc1cc(F)cc(F)c1)NC(=O)C1(O)CC1)CCO2. The Morgan fingerprint density at radius 2 is 1.85 bits per heavy atom. The fourth-order valence-corrected chi connectivity index (χ4v) is 4.05. The van der Waals surface area contributed by atoms with Crippen molar-refractivity contribution in [3.05, 3.63) is 64.7 Å². The molecule has 0 radical (unpaired) electrons. The van der Waals surface area contributed by atoms with Crippen molar-refractivity contribution in [1.82, 2.24) is 10.6 Å². The molecule has 2 aliphatic rings. The molecule has 1 unspecified atom stereocenters. The first-order valence-corrected chi connectivity index (χ1v) is 11.9. The minimum Gasteiger partial charge on any atom is -0.493 e. The average Bonchev–Trinajstić information content (AvgIpc) is 3.56. The number of nitrogens with one attached hydrogen (secondary N) is 2. The molecule has 1 aliphatic heterocycles. The van der Waals surface area contributed by atoms with Gasteiger partial charge in [0, 0.05) is 30.6 Å². The van der Waals surface area contributed by atoms with Crippen molar-refractivity contribution in [3.8, 4) is 5.75 Å². The molecule has 0 bridgehead atoms. The molecule has 2 aromatic rings. The van der Waals surface area contributed by atoms with Crippen molar-refractivity contribution >= 4 is 5.91 Å². The second-order valence-electron chi connectivity index (χ2n) is 8.80. The van der Waals surface area contributed by atoms with Gasteiger partial charge in [0.15, 0.2) is 0 Å². The highest BCUT2D eigenvalue weighted by atomic mass is 19.1. The summed E-state index contributed by atoms with van der Waals surface area (Å²) in [6.45, 7) is 6.67. The number of rotatable bonds is 8. The molecule has 8 heteroatoms. The lowest BCUT2D eigenvalue weighted by molar-refractivity contribution is -0.133. The van der Waals surface area contributed by atoms with Crippen LogP contribution in [-0.4, -0.2) is 47.0 Å². The third-order valence-electron chi connectivity index (χ3n) is 6.08. The molecule has 0 aromatic heterocycles. The second-order valence-corrected chi connectivity index (χ2v) is 8.80. The summed E-state index contributed by atoms with van der Waals surface area (Å²) in [6.07, 6.45) is 0.390. The van der Waals surface area contributed by atoms with Gasteiger partial charge >= 0.3 is 0 Å². The minimum atomic E-state index is -1.42. The van der Waals surface area contributed by atoms with Crippen LogP contribution in [0.25, 0.3) is 0 Å². The summed E-state index contributed by atoms with van der Waals surface area (Å²) in [5, 5.41) is 27.0. The Hall–Kier alpha value is -2.55. The molecular weight excluding hydrogens is 442 g/mol. The zero-order valence-electron chi connectivity index (χ0n) is 19.9. The Kier molecular flexibility index (Phi) is 8.62. The number of hydrogen-bond acceptors (Lipinski definition) is 5. The first-order valence-electron chi connectivity index (χ1n) is 11.9. The molecule has 1 amide bonds. The van der Waals surface area contributed by atoms with Crippen LogP contribution in [0.5, 0.6) is 5.75 Å². The molecule has 3 atom stereocenters. The van der Waals surface area contributed by atoms with Crippen LogP contribution in [0, 0.1) is 18.6 Å². The predicted octanol–water partition coefficient (Wildman–Crippen LogP) is 3.33. The van der Waals surface area contributed by atoms with Crippen LogP contribution in [0.4, 0.5) is 8.78 Å². The van der Waals surface area contributed by atoms with E-state index in [-0.39, 0.29) is 19.0 Å². The first kappa shape index (κ1) is 26.1. The largest absolute Gasteiger partial charge is 0.493 e. The number of aryl methyl sites for hydroxylation is 1. The Morgan fingerprint density at radius 3 is 2.50 bits per heavy atom. The van der Waals surface area contributed by atoms with Gasteiger partial charge in [-0.25, -0.2) is 8.78 Å². The highest BCUT2D eigenvalue weighted by Gasteiger charge is 2.48. The average molecular weight is 477 g/mol. The zero-order chi connectivity index (χ0) is 24.9. The highest BCUT2D eigenvalue weighted by molar-refractivity contribution is 5.88. The molecule has 2 aromatic carbocycles. The molecule has 4 N–H and O–H groups in total. The summed E-state index contributed by atoms with van der Waals surface area (Å²) in [5.74, 6) is -1.24. The van der Waals surface area contributed by atoms with Crippen molar-refractivity contribution < 1.29 is 28.5 Å². The fraction of sp³-hybridized carbons (Fsp3) is 0.500. The van der Waals surface area contributed by atoms with E-state index >= 15 is 0 Å². The molecule has 1 saturated carbocycles. The molecule has 1 heterocycles. The number of aliphatic hydroxyl groups excluding tert-OH is 1. The van der Waals surface area contributed by atoms with Gasteiger partial charge in [-0.05, 0) is 49.9 Å². The third kappa shape index (κ3) is 6.52. The van der Waals surface area contributed by atoms with Crippen LogP contribution in [0.2, 0.25) is 0 Å². The van der Waals surface area contributed by atoms with E-state index in [0.717, 1.165) is 29.4 Å². The van der Waals surface area contributed by atoms with Gasteiger partial charge in [0.1, 0.15) is 23.0 Å². The Bertz CT molecular complexity index is 977. The molecule has 0 spiro atoms. The van der Waals surface area contributed by atoms with Crippen molar-refractivity contribution in [2.45, 2.75) is 70.2 Å². The monoisotopic (exact) mass is 476 g/mol. The zero-order valence-corrected chi connectivity index (χ0v) is 19.9. The van der Waals surface area contributed by atoms with E-state index in [1.165, 1.54) is 12.1 Å². The first-order chi connectivity index (χ1) is 16.2. The van der Waals surface area contributed by atoms with E-state index in [1.807, 2.05) is 39.0 Å². The quantitative estimate of drug-likeness (QED) is 0.469. The van der Waals surface area contributed by atoms with Gasteiger partial charge in [0.2, 0.25) is 0 Å². The third-order valence-corrected chi connectivity index (χ3v) is 6.08. The summed E-state index contributed by atoms with van der Waals surface area (Å²) >= 11 is 0. The standard InChI is InChI=1S/C24H28F2N2O4.C2H6/c1-14-2-3-22-18(8-14)19(4-7-32-22)27-13-21(29)20(28-23(30)24(31)5-6-24)11-15-9-16(25)12-17(26)10-15;1-2/h2-3,8-10,12,19-21,27,29,31H,4-7,11,13H2,1H3,(H,28,30);1-2H3/t19?,20-,21+;/m0./s1. The molecule has 34 heavy (non-hydrogen) atoms. The number of carbonyl (C=O) groups excluding carboxylic acids is 1. The Morgan fingerprint density at radius 1 is 1.18 bits per heavy atom. The van der Waals surface area contributed by atoms with E-state index < -0.39 is 35.3 Å². The smallest absolute Gasteiger partial charge is 0.252 e. The van der Waals surface area contributed by atoms with Gasteiger partial charge in [-0.1, -0.05) is 31.5 Å². The number of benzene rings is 2. The van der Waals surface area contributed by atoms with Crippen LogP contribution in [0.1, 0.15) is 55.8 Å². The Labute approximate surface area is 199 Å². The summed E-state index contributed by atoms with van der Waals surface area (Å²) in [5.41, 5.74) is 0.984. The molecule has 1 aliphatic carbocycles. The lowest BCUT2D eigenvalue weighted by Gasteiger charge is -2.30. The predicted molar refractivity (Wildman–Crippen MR) is 126 cm³/mol. The normalized spacial score (nSPS) is 19.6.